The van der Waals surface area contributed by atoms with Crippen molar-refractivity contribution in [2.24, 2.45) is 0 Å². The molecule has 0 aromatic carbocycles. The number of rotatable bonds is 8. The molecule has 0 bridgehead atoms. The Labute approximate surface area is 102 Å². The summed E-state index contributed by atoms with van der Waals surface area (Å²) >= 11 is 0. The molecule has 1 N–H and O–H groups in total. The van der Waals surface area contributed by atoms with Gasteiger partial charge in [0.15, 0.2) is 0 Å². The molecule has 1 saturated heterocycles. The monoisotopic (exact) mass is 226 g/mol. The summed E-state index contributed by atoms with van der Waals surface area (Å²) in [4.78, 5) is 2.70. The molecule has 2 atom stereocenters. The standard InChI is InChI=1S/C14H30N2/c1-4-10-15-13(3)8-6-11-16-12-7-9-14(16)5-2/h13-15H,4-12H2,1-3H3. The SMILES string of the molecule is CCCNC(C)CCCN1CCCC1CC. The van der Waals surface area contributed by atoms with Gasteiger partial charge in [-0.05, 0) is 65.1 Å². The maximum Gasteiger partial charge on any atom is 0.00931 e. The molecule has 1 heterocycles. The minimum Gasteiger partial charge on any atom is -0.314 e. The zero-order valence-electron chi connectivity index (χ0n) is 11.5. The number of likely N-dealkylation sites (tertiary alicyclic amines) is 1. The molecule has 2 unspecified atom stereocenters. The van der Waals surface area contributed by atoms with Crippen LogP contribution in [0.15, 0.2) is 0 Å². The number of hydrogen-bond acceptors (Lipinski definition) is 2. The molecule has 2 nitrogen and oxygen atoms in total. The summed E-state index contributed by atoms with van der Waals surface area (Å²) in [5.74, 6) is 0. The van der Waals surface area contributed by atoms with Crippen LogP contribution in [0.3, 0.4) is 0 Å². The van der Waals surface area contributed by atoms with Crippen molar-refractivity contribution in [3.05, 3.63) is 0 Å². The number of nitrogens with zero attached hydrogens (tertiary/aromatic N) is 1. The minimum atomic E-state index is 0.697. The molecule has 2 heteroatoms. The average molecular weight is 226 g/mol. The van der Waals surface area contributed by atoms with Gasteiger partial charge in [-0.15, -0.1) is 0 Å². The van der Waals surface area contributed by atoms with Gasteiger partial charge in [0.25, 0.3) is 0 Å². The Hall–Kier alpha value is -0.0800. The van der Waals surface area contributed by atoms with Crippen LogP contribution in [0, 0.1) is 0 Å². The third-order valence-electron chi connectivity index (χ3n) is 3.80. The number of nitrogens with one attached hydrogen (secondary N) is 1. The van der Waals surface area contributed by atoms with Crippen LogP contribution in [-0.2, 0) is 0 Å². The third-order valence-corrected chi connectivity index (χ3v) is 3.80. The molecular weight excluding hydrogens is 196 g/mol. The zero-order chi connectivity index (χ0) is 11.8. The molecule has 0 saturated carbocycles. The molecule has 0 aliphatic carbocycles. The van der Waals surface area contributed by atoms with Gasteiger partial charge >= 0.3 is 0 Å². The molecule has 0 aromatic rings. The van der Waals surface area contributed by atoms with E-state index in [9.17, 15) is 0 Å². The third kappa shape index (κ3) is 4.84. The summed E-state index contributed by atoms with van der Waals surface area (Å²) in [6, 6.07) is 1.58. The summed E-state index contributed by atoms with van der Waals surface area (Å²) in [7, 11) is 0. The lowest BCUT2D eigenvalue weighted by molar-refractivity contribution is 0.240. The van der Waals surface area contributed by atoms with Crippen LogP contribution in [0.1, 0.15) is 59.3 Å². The fraction of sp³-hybridized carbons (Fsp3) is 1.00. The molecule has 96 valence electrons. The maximum absolute atomic E-state index is 3.56. The molecule has 0 aromatic heterocycles. The van der Waals surface area contributed by atoms with Crippen LogP contribution >= 0.6 is 0 Å². The minimum absolute atomic E-state index is 0.697. The van der Waals surface area contributed by atoms with Crippen molar-refractivity contribution in [2.45, 2.75) is 71.4 Å². The van der Waals surface area contributed by atoms with E-state index < -0.39 is 0 Å². The summed E-state index contributed by atoms with van der Waals surface area (Å²) < 4.78 is 0. The predicted molar refractivity (Wildman–Crippen MR) is 71.9 cm³/mol. The lowest BCUT2D eigenvalue weighted by Gasteiger charge is -2.24. The summed E-state index contributed by atoms with van der Waals surface area (Å²) in [5, 5.41) is 3.56. The molecular formula is C14H30N2. The van der Waals surface area contributed by atoms with Crippen LogP contribution < -0.4 is 5.32 Å². The topological polar surface area (TPSA) is 15.3 Å². The van der Waals surface area contributed by atoms with E-state index in [-0.39, 0.29) is 0 Å². The second-order valence-electron chi connectivity index (χ2n) is 5.24. The van der Waals surface area contributed by atoms with Gasteiger partial charge in [0, 0.05) is 12.1 Å². The van der Waals surface area contributed by atoms with Crippen molar-refractivity contribution >= 4 is 0 Å². The largest absolute Gasteiger partial charge is 0.314 e. The lowest BCUT2D eigenvalue weighted by Crippen LogP contribution is -2.32. The van der Waals surface area contributed by atoms with Gasteiger partial charge in [-0.2, -0.15) is 0 Å². The lowest BCUT2D eigenvalue weighted by atomic mass is 10.1. The summed E-state index contributed by atoms with van der Waals surface area (Å²) in [6.45, 7) is 10.7. The Morgan fingerprint density at radius 2 is 2.19 bits per heavy atom. The normalized spacial score (nSPS) is 23.8. The first-order chi connectivity index (χ1) is 7.77. The summed E-state index contributed by atoms with van der Waals surface area (Å²) in [5.41, 5.74) is 0. The Kier molecular flexibility index (Phi) is 7.06. The maximum atomic E-state index is 3.56. The average Bonchev–Trinajstić information content (AvgIpc) is 2.74. The van der Waals surface area contributed by atoms with Gasteiger partial charge in [-0.1, -0.05) is 13.8 Å². The zero-order valence-corrected chi connectivity index (χ0v) is 11.5. The van der Waals surface area contributed by atoms with Crippen molar-refractivity contribution in [1.82, 2.24) is 10.2 Å². The van der Waals surface area contributed by atoms with Crippen molar-refractivity contribution in [1.29, 1.82) is 0 Å². The van der Waals surface area contributed by atoms with E-state index in [4.69, 9.17) is 0 Å². The smallest absolute Gasteiger partial charge is 0.00931 e. The molecule has 1 aliphatic heterocycles. The van der Waals surface area contributed by atoms with Gasteiger partial charge < -0.3 is 10.2 Å². The van der Waals surface area contributed by atoms with Crippen molar-refractivity contribution < 1.29 is 0 Å². The van der Waals surface area contributed by atoms with Crippen LogP contribution in [0.4, 0.5) is 0 Å². The molecule has 0 radical (unpaired) electrons. The van der Waals surface area contributed by atoms with E-state index in [2.05, 4.69) is 31.0 Å². The fourth-order valence-electron chi connectivity index (χ4n) is 2.75. The van der Waals surface area contributed by atoms with Crippen molar-refractivity contribution in [3.63, 3.8) is 0 Å². The van der Waals surface area contributed by atoms with E-state index in [0.29, 0.717) is 6.04 Å². The van der Waals surface area contributed by atoms with Gasteiger partial charge in [0.2, 0.25) is 0 Å². The molecule has 1 rings (SSSR count). The first-order valence-corrected chi connectivity index (χ1v) is 7.25. The number of hydrogen-bond donors (Lipinski definition) is 1. The Morgan fingerprint density at radius 1 is 1.38 bits per heavy atom. The highest BCUT2D eigenvalue weighted by Crippen LogP contribution is 2.20. The van der Waals surface area contributed by atoms with Crippen LogP contribution in [0.5, 0.6) is 0 Å². The quantitative estimate of drug-likeness (QED) is 0.684. The van der Waals surface area contributed by atoms with E-state index in [1.165, 1.54) is 58.2 Å². The van der Waals surface area contributed by atoms with Gasteiger partial charge in [-0.25, -0.2) is 0 Å². The van der Waals surface area contributed by atoms with Crippen LogP contribution in [0.25, 0.3) is 0 Å². The molecule has 1 aliphatic rings. The van der Waals surface area contributed by atoms with Gasteiger partial charge in [-0.3, -0.25) is 0 Å². The van der Waals surface area contributed by atoms with E-state index in [1.54, 1.807) is 0 Å². The Bertz CT molecular complexity index is 170. The van der Waals surface area contributed by atoms with Crippen molar-refractivity contribution in [3.8, 4) is 0 Å². The second-order valence-corrected chi connectivity index (χ2v) is 5.24. The highest BCUT2D eigenvalue weighted by atomic mass is 15.2. The van der Waals surface area contributed by atoms with E-state index in [1.807, 2.05) is 0 Å². The molecule has 1 fully saturated rings. The van der Waals surface area contributed by atoms with Gasteiger partial charge in [0.1, 0.15) is 0 Å². The molecule has 16 heavy (non-hydrogen) atoms. The van der Waals surface area contributed by atoms with E-state index >= 15 is 0 Å². The van der Waals surface area contributed by atoms with E-state index in [0.717, 1.165) is 6.04 Å². The highest BCUT2D eigenvalue weighted by molar-refractivity contribution is 4.78. The second kappa shape index (κ2) is 8.08. The highest BCUT2D eigenvalue weighted by Gasteiger charge is 2.21. The first-order valence-electron chi connectivity index (χ1n) is 7.25. The first kappa shape index (κ1) is 14.0. The Balaban J connectivity index is 2.05. The molecule has 0 spiro atoms. The van der Waals surface area contributed by atoms with Gasteiger partial charge in [0.05, 0.1) is 0 Å². The molecule has 0 amide bonds. The van der Waals surface area contributed by atoms with Crippen LogP contribution in [0.2, 0.25) is 0 Å². The fourth-order valence-corrected chi connectivity index (χ4v) is 2.75. The summed E-state index contributed by atoms with van der Waals surface area (Å²) in [6.07, 6.45) is 8.11. The predicted octanol–water partition coefficient (Wildman–Crippen LogP) is 3.03. The Morgan fingerprint density at radius 3 is 2.88 bits per heavy atom. The van der Waals surface area contributed by atoms with Crippen LogP contribution in [-0.4, -0.2) is 36.6 Å². The van der Waals surface area contributed by atoms with Crippen molar-refractivity contribution in [2.75, 3.05) is 19.6 Å².